The van der Waals surface area contributed by atoms with Crippen molar-refractivity contribution in [3.8, 4) is 6.07 Å². The first-order chi connectivity index (χ1) is 8.21. The SMILES string of the molecule is CCN(CC)CCSc1ccc(C#N)cc1Cl. The summed E-state index contributed by atoms with van der Waals surface area (Å²) in [6.45, 7) is 7.57. The second-order valence-corrected chi connectivity index (χ2v) is 5.18. The zero-order valence-corrected chi connectivity index (χ0v) is 11.8. The molecule has 4 heteroatoms. The van der Waals surface area contributed by atoms with Crippen LogP contribution in [-0.4, -0.2) is 30.3 Å². The smallest absolute Gasteiger partial charge is 0.0992 e. The van der Waals surface area contributed by atoms with Crippen molar-refractivity contribution >= 4 is 23.4 Å². The molecule has 0 amide bonds. The first kappa shape index (κ1) is 14.4. The molecule has 1 aromatic carbocycles. The summed E-state index contributed by atoms with van der Waals surface area (Å²) in [5, 5.41) is 9.42. The van der Waals surface area contributed by atoms with E-state index in [0.717, 1.165) is 30.3 Å². The maximum atomic E-state index is 8.74. The highest BCUT2D eigenvalue weighted by atomic mass is 35.5. The molecule has 0 bridgehead atoms. The lowest BCUT2D eigenvalue weighted by Crippen LogP contribution is -2.25. The van der Waals surface area contributed by atoms with Crippen LogP contribution >= 0.6 is 23.4 Å². The van der Waals surface area contributed by atoms with Gasteiger partial charge in [0, 0.05) is 17.2 Å². The van der Waals surface area contributed by atoms with Crippen LogP contribution < -0.4 is 0 Å². The molecule has 0 aliphatic carbocycles. The average molecular weight is 269 g/mol. The van der Waals surface area contributed by atoms with Gasteiger partial charge in [-0.25, -0.2) is 0 Å². The number of hydrogen-bond donors (Lipinski definition) is 0. The Bertz CT molecular complexity index is 397. The van der Waals surface area contributed by atoms with E-state index in [4.69, 9.17) is 16.9 Å². The number of nitrogens with zero attached hydrogens (tertiary/aromatic N) is 2. The van der Waals surface area contributed by atoms with Gasteiger partial charge in [0.05, 0.1) is 16.7 Å². The summed E-state index contributed by atoms with van der Waals surface area (Å²) in [4.78, 5) is 3.43. The molecule has 0 saturated carbocycles. The minimum absolute atomic E-state index is 0.614. The monoisotopic (exact) mass is 268 g/mol. The molecule has 0 aromatic heterocycles. The fourth-order valence-electron chi connectivity index (χ4n) is 1.51. The maximum Gasteiger partial charge on any atom is 0.0992 e. The van der Waals surface area contributed by atoms with Gasteiger partial charge in [-0.1, -0.05) is 25.4 Å². The Hall–Kier alpha value is -0.690. The van der Waals surface area contributed by atoms with Crippen LogP contribution in [-0.2, 0) is 0 Å². The summed E-state index contributed by atoms with van der Waals surface area (Å²) in [5.74, 6) is 1.02. The summed E-state index contributed by atoms with van der Waals surface area (Å²) in [7, 11) is 0. The van der Waals surface area contributed by atoms with Crippen molar-refractivity contribution in [1.82, 2.24) is 4.90 Å². The molecule has 17 heavy (non-hydrogen) atoms. The molecule has 0 aliphatic heterocycles. The zero-order chi connectivity index (χ0) is 12.7. The topological polar surface area (TPSA) is 27.0 Å². The van der Waals surface area contributed by atoms with Crippen molar-refractivity contribution in [2.45, 2.75) is 18.7 Å². The Balaban J connectivity index is 2.50. The van der Waals surface area contributed by atoms with Crippen LogP contribution in [0.5, 0.6) is 0 Å². The fraction of sp³-hybridized carbons (Fsp3) is 0.462. The highest BCUT2D eigenvalue weighted by Gasteiger charge is 2.04. The molecular formula is C13H17ClN2S. The van der Waals surface area contributed by atoms with Crippen molar-refractivity contribution in [1.29, 1.82) is 5.26 Å². The summed E-state index contributed by atoms with van der Waals surface area (Å²) >= 11 is 7.85. The van der Waals surface area contributed by atoms with E-state index >= 15 is 0 Å². The molecule has 0 heterocycles. The average Bonchev–Trinajstić information content (AvgIpc) is 2.36. The van der Waals surface area contributed by atoms with E-state index in [1.807, 2.05) is 12.1 Å². The first-order valence-electron chi connectivity index (χ1n) is 5.76. The standard InChI is InChI=1S/C13H17ClN2S/c1-3-16(4-2)7-8-17-13-6-5-11(10-15)9-12(13)14/h5-6,9H,3-4,7-8H2,1-2H3. The van der Waals surface area contributed by atoms with Crippen LogP contribution in [0.2, 0.25) is 5.02 Å². The molecule has 0 radical (unpaired) electrons. The zero-order valence-electron chi connectivity index (χ0n) is 10.2. The largest absolute Gasteiger partial charge is 0.303 e. The maximum absolute atomic E-state index is 8.74. The Morgan fingerprint density at radius 2 is 2.06 bits per heavy atom. The van der Waals surface area contributed by atoms with Crippen LogP contribution in [0, 0.1) is 11.3 Å². The number of thioether (sulfide) groups is 1. The lowest BCUT2D eigenvalue weighted by Gasteiger charge is -2.17. The molecule has 0 aliphatic rings. The van der Waals surface area contributed by atoms with E-state index in [0.29, 0.717) is 10.6 Å². The van der Waals surface area contributed by atoms with Crippen molar-refractivity contribution in [3.05, 3.63) is 28.8 Å². The molecule has 0 N–H and O–H groups in total. The van der Waals surface area contributed by atoms with Gasteiger partial charge in [0.2, 0.25) is 0 Å². The van der Waals surface area contributed by atoms with E-state index in [1.165, 1.54) is 0 Å². The van der Waals surface area contributed by atoms with Crippen LogP contribution in [0.4, 0.5) is 0 Å². The summed E-state index contributed by atoms with van der Waals surface area (Å²) in [5.41, 5.74) is 0.614. The highest BCUT2D eigenvalue weighted by Crippen LogP contribution is 2.27. The van der Waals surface area contributed by atoms with Gasteiger partial charge in [-0.05, 0) is 31.3 Å². The van der Waals surface area contributed by atoms with E-state index < -0.39 is 0 Å². The van der Waals surface area contributed by atoms with Gasteiger partial charge in [-0.3, -0.25) is 0 Å². The van der Waals surface area contributed by atoms with Gasteiger partial charge in [0.25, 0.3) is 0 Å². The minimum atomic E-state index is 0.614. The van der Waals surface area contributed by atoms with E-state index in [2.05, 4.69) is 24.8 Å². The van der Waals surface area contributed by atoms with Gasteiger partial charge in [-0.15, -0.1) is 11.8 Å². The number of nitriles is 1. The summed E-state index contributed by atoms with van der Waals surface area (Å²) in [6, 6.07) is 7.54. The van der Waals surface area contributed by atoms with Crippen LogP contribution in [0.3, 0.4) is 0 Å². The van der Waals surface area contributed by atoms with Crippen molar-refractivity contribution in [3.63, 3.8) is 0 Å². The Kier molecular flexibility index (Phi) is 6.43. The Morgan fingerprint density at radius 3 is 2.59 bits per heavy atom. The van der Waals surface area contributed by atoms with Gasteiger partial charge in [0.1, 0.15) is 0 Å². The normalized spacial score (nSPS) is 10.5. The first-order valence-corrected chi connectivity index (χ1v) is 7.12. The molecule has 92 valence electrons. The quantitative estimate of drug-likeness (QED) is 0.737. The van der Waals surface area contributed by atoms with Gasteiger partial charge in [0.15, 0.2) is 0 Å². The minimum Gasteiger partial charge on any atom is -0.303 e. The molecule has 2 nitrogen and oxygen atoms in total. The third-order valence-electron chi connectivity index (χ3n) is 2.62. The molecule has 0 unspecified atom stereocenters. The molecule has 1 aromatic rings. The lowest BCUT2D eigenvalue weighted by molar-refractivity contribution is 0.324. The molecule has 0 fully saturated rings. The van der Waals surface area contributed by atoms with Gasteiger partial charge >= 0.3 is 0 Å². The Labute approximate surface area is 113 Å². The lowest BCUT2D eigenvalue weighted by atomic mass is 10.2. The van der Waals surface area contributed by atoms with Crippen molar-refractivity contribution < 1.29 is 0 Å². The van der Waals surface area contributed by atoms with Crippen LogP contribution in [0.15, 0.2) is 23.1 Å². The van der Waals surface area contributed by atoms with E-state index in [9.17, 15) is 0 Å². The molecule has 0 atom stereocenters. The predicted octanol–water partition coefficient (Wildman–Crippen LogP) is 3.65. The fourth-order valence-corrected chi connectivity index (χ4v) is 2.79. The number of halogens is 1. The van der Waals surface area contributed by atoms with E-state index in [1.54, 1.807) is 17.8 Å². The third kappa shape index (κ3) is 4.59. The molecular weight excluding hydrogens is 252 g/mol. The van der Waals surface area contributed by atoms with E-state index in [-0.39, 0.29) is 0 Å². The molecule has 1 rings (SSSR count). The van der Waals surface area contributed by atoms with Crippen LogP contribution in [0.25, 0.3) is 0 Å². The predicted molar refractivity (Wildman–Crippen MR) is 74.7 cm³/mol. The number of rotatable bonds is 6. The van der Waals surface area contributed by atoms with Gasteiger partial charge in [-0.2, -0.15) is 5.26 Å². The summed E-state index contributed by atoms with van der Waals surface area (Å²) < 4.78 is 0. The second-order valence-electron chi connectivity index (χ2n) is 3.63. The van der Waals surface area contributed by atoms with Crippen molar-refractivity contribution in [2.75, 3.05) is 25.4 Å². The van der Waals surface area contributed by atoms with Gasteiger partial charge < -0.3 is 4.90 Å². The number of benzene rings is 1. The highest BCUT2D eigenvalue weighted by molar-refractivity contribution is 7.99. The third-order valence-corrected chi connectivity index (χ3v) is 4.10. The molecule has 0 saturated heterocycles. The molecule has 0 spiro atoms. The summed E-state index contributed by atoms with van der Waals surface area (Å²) in [6.07, 6.45) is 0. The second kappa shape index (κ2) is 7.60. The number of hydrogen-bond acceptors (Lipinski definition) is 3. The van der Waals surface area contributed by atoms with Crippen LogP contribution in [0.1, 0.15) is 19.4 Å². The van der Waals surface area contributed by atoms with Crippen molar-refractivity contribution in [2.24, 2.45) is 0 Å². The Morgan fingerprint density at radius 1 is 1.35 bits per heavy atom.